The zero-order valence-electron chi connectivity index (χ0n) is 15.6. The van der Waals surface area contributed by atoms with Gasteiger partial charge in [-0.3, -0.25) is 0 Å². The Kier molecular flexibility index (Phi) is 8.04. The molecule has 0 bridgehead atoms. The van der Waals surface area contributed by atoms with Gasteiger partial charge in [0.25, 0.3) is 0 Å². The van der Waals surface area contributed by atoms with Crippen LogP contribution >= 0.6 is 11.8 Å². The molecule has 0 spiro atoms. The lowest BCUT2D eigenvalue weighted by Crippen LogP contribution is -2.40. The maximum atomic E-state index is 5.49. The van der Waals surface area contributed by atoms with Crippen LogP contribution in [0.5, 0.6) is 17.2 Å². The molecule has 1 unspecified atom stereocenters. The van der Waals surface area contributed by atoms with Crippen molar-refractivity contribution in [2.24, 2.45) is 4.99 Å². The van der Waals surface area contributed by atoms with Gasteiger partial charge in [0.15, 0.2) is 5.96 Å². The molecule has 25 heavy (non-hydrogen) atoms. The van der Waals surface area contributed by atoms with E-state index in [0.717, 1.165) is 24.6 Å². The van der Waals surface area contributed by atoms with Gasteiger partial charge in [-0.15, -0.1) is 0 Å². The Balaban J connectivity index is 2.12. The minimum atomic E-state index is 0.462. The summed E-state index contributed by atoms with van der Waals surface area (Å²) in [4.78, 5) is 4.70. The Hall–Kier alpha value is -1.76. The highest BCUT2D eigenvalue weighted by molar-refractivity contribution is 8.00. The predicted octanol–water partition coefficient (Wildman–Crippen LogP) is 2.66. The first kappa shape index (κ1) is 19.6. The van der Waals surface area contributed by atoms with Gasteiger partial charge in [-0.25, -0.2) is 4.99 Å². The fourth-order valence-electron chi connectivity index (χ4n) is 2.75. The fourth-order valence-corrected chi connectivity index (χ4v) is 3.95. The van der Waals surface area contributed by atoms with E-state index >= 15 is 0 Å². The third kappa shape index (κ3) is 5.63. The van der Waals surface area contributed by atoms with E-state index in [1.54, 1.807) is 21.3 Å². The van der Waals surface area contributed by atoms with E-state index < -0.39 is 0 Å². The standard InChI is InChI=1S/C18H29N3O3S/c1-5-19-18(20-11-14-7-6-8-25-14)21-12-15-16(23-3)9-13(22-2)10-17(15)24-4/h9-10,14H,5-8,11-12H2,1-4H3,(H2,19,20,21). The molecular weight excluding hydrogens is 338 g/mol. The van der Waals surface area contributed by atoms with Crippen molar-refractivity contribution in [2.45, 2.75) is 31.6 Å². The van der Waals surface area contributed by atoms with E-state index in [1.807, 2.05) is 23.9 Å². The summed E-state index contributed by atoms with van der Waals surface area (Å²) in [6.45, 7) is 4.29. The molecule has 1 aromatic carbocycles. The second-order valence-electron chi connectivity index (χ2n) is 5.72. The van der Waals surface area contributed by atoms with E-state index in [4.69, 9.17) is 19.2 Å². The number of nitrogens with zero attached hydrogens (tertiary/aromatic N) is 1. The van der Waals surface area contributed by atoms with Gasteiger partial charge in [-0.05, 0) is 25.5 Å². The third-order valence-corrected chi connectivity index (χ3v) is 5.48. The molecule has 0 saturated carbocycles. The molecule has 1 fully saturated rings. The van der Waals surface area contributed by atoms with E-state index in [9.17, 15) is 0 Å². The van der Waals surface area contributed by atoms with Crippen LogP contribution in [0, 0.1) is 0 Å². The highest BCUT2D eigenvalue weighted by Crippen LogP contribution is 2.34. The molecule has 2 N–H and O–H groups in total. The Labute approximate surface area is 154 Å². The molecule has 7 heteroatoms. The lowest BCUT2D eigenvalue weighted by Gasteiger charge is -2.16. The van der Waals surface area contributed by atoms with Crippen LogP contribution in [-0.4, -0.2) is 51.4 Å². The number of rotatable bonds is 8. The molecule has 140 valence electrons. The van der Waals surface area contributed by atoms with Gasteiger partial charge in [-0.2, -0.15) is 11.8 Å². The molecule has 0 aromatic heterocycles. The Bertz CT molecular complexity index is 550. The maximum Gasteiger partial charge on any atom is 0.191 e. The first-order chi connectivity index (χ1) is 12.2. The van der Waals surface area contributed by atoms with Gasteiger partial charge in [0.05, 0.1) is 33.4 Å². The number of hydrogen-bond donors (Lipinski definition) is 2. The largest absolute Gasteiger partial charge is 0.496 e. The molecule has 0 amide bonds. The average molecular weight is 368 g/mol. The van der Waals surface area contributed by atoms with Gasteiger partial charge in [-0.1, -0.05) is 0 Å². The summed E-state index contributed by atoms with van der Waals surface area (Å²) in [5.74, 6) is 4.20. The van der Waals surface area contributed by atoms with E-state index in [0.29, 0.717) is 29.0 Å². The molecule has 0 aliphatic carbocycles. The number of hydrogen-bond acceptors (Lipinski definition) is 5. The molecule has 2 rings (SSSR count). The predicted molar refractivity (Wildman–Crippen MR) is 104 cm³/mol. The quantitative estimate of drug-likeness (QED) is 0.544. The summed E-state index contributed by atoms with van der Waals surface area (Å²) in [7, 11) is 4.91. The van der Waals surface area contributed by atoms with Crippen molar-refractivity contribution in [3.05, 3.63) is 17.7 Å². The zero-order valence-corrected chi connectivity index (χ0v) is 16.4. The summed E-state index contributed by atoms with van der Waals surface area (Å²) in [5.41, 5.74) is 0.901. The van der Waals surface area contributed by atoms with Crippen molar-refractivity contribution in [3.63, 3.8) is 0 Å². The van der Waals surface area contributed by atoms with Crippen molar-refractivity contribution in [1.82, 2.24) is 10.6 Å². The van der Waals surface area contributed by atoms with Crippen LogP contribution in [0.2, 0.25) is 0 Å². The maximum absolute atomic E-state index is 5.49. The minimum absolute atomic E-state index is 0.462. The molecule has 1 aliphatic rings. The monoisotopic (exact) mass is 367 g/mol. The number of methoxy groups -OCH3 is 3. The summed E-state index contributed by atoms with van der Waals surface area (Å²) in [6, 6.07) is 3.70. The van der Waals surface area contributed by atoms with Crippen molar-refractivity contribution >= 4 is 17.7 Å². The van der Waals surface area contributed by atoms with Gasteiger partial charge in [0.1, 0.15) is 17.2 Å². The number of benzene rings is 1. The zero-order chi connectivity index (χ0) is 18.1. The second kappa shape index (κ2) is 10.3. The summed E-state index contributed by atoms with van der Waals surface area (Å²) in [6.07, 6.45) is 2.59. The lowest BCUT2D eigenvalue weighted by molar-refractivity contribution is 0.369. The van der Waals surface area contributed by atoms with Crippen LogP contribution in [0.1, 0.15) is 25.3 Å². The molecule has 1 heterocycles. The topological polar surface area (TPSA) is 64.1 Å². The van der Waals surface area contributed by atoms with E-state index in [2.05, 4.69) is 17.6 Å². The Morgan fingerprint density at radius 1 is 1.16 bits per heavy atom. The van der Waals surface area contributed by atoms with Gasteiger partial charge in [0, 0.05) is 30.5 Å². The lowest BCUT2D eigenvalue weighted by atomic mass is 10.1. The fraction of sp³-hybridized carbons (Fsp3) is 0.611. The van der Waals surface area contributed by atoms with Crippen LogP contribution in [0.25, 0.3) is 0 Å². The first-order valence-electron chi connectivity index (χ1n) is 8.64. The summed E-state index contributed by atoms with van der Waals surface area (Å²) >= 11 is 2.03. The molecule has 1 aromatic rings. The SMILES string of the molecule is CCNC(=NCc1c(OC)cc(OC)cc1OC)NCC1CCCS1. The van der Waals surface area contributed by atoms with Crippen molar-refractivity contribution in [1.29, 1.82) is 0 Å². The summed E-state index contributed by atoms with van der Waals surface area (Å²) < 4.78 is 16.3. The smallest absolute Gasteiger partial charge is 0.191 e. The van der Waals surface area contributed by atoms with Crippen LogP contribution in [0.3, 0.4) is 0 Å². The number of guanidine groups is 1. The van der Waals surface area contributed by atoms with Gasteiger partial charge >= 0.3 is 0 Å². The van der Waals surface area contributed by atoms with E-state index in [-0.39, 0.29) is 0 Å². The molecule has 1 saturated heterocycles. The normalized spacial score (nSPS) is 17.3. The van der Waals surface area contributed by atoms with Crippen LogP contribution < -0.4 is 24.8 Å². The minimum Gasteiger partial charge on any atom is -0.496 e. The van der Waals surface area contributed by atoms with Crippen LogP contribution in [0.4, 0.5) is 0 Å². The van der Waals surface area contributed by atoms with Crippen molar-refractivity contribution in [3.8, 4) is 17.2 Å². The van der Waals surface area contributed by atoms with Gasteiger partial charge in [0.2, 0.25) is 0 Å². The Morgan fingerprint density at radius 2 is 1.88 bits per heavy atom. The van der Waals surface area contributed by atoms with E-state index in [1.165, 1.54) is 18.6 Å². The highest BCUT2D eigenvalue weighted by Gasteiger charge is 2.16. The number of ether oxygens (including phenoxy) is 3. The molecular formula is C18H29N3O3S. The molecule has 6 nitrogen and oxygen atoms in total. The van der Waals surface area contributed by atoms with Crippen molar-refractivity contribution < 1.29 is 14.2 Å². The number of aliphatic imine (C=N–C) groups is 1. The average Bonchev–Trinajstić information content (AvgIpc) is 3.16. The molecule has 1 aliphatic heterocycles. The van der Waals surface area contributed by atoms with Crippen LogP contribution in [-0.2, 0) is 6.54 Å². The van der Waals surface area contributed by atoms with Crippen LogP contribution in [0.15, 0.2) is 17.1 Å². The van der Waals surface area contributed by atoms with Crippen molar-refractivity contribution in [2.75, 3.05) is 40.2 Å². The number of thioether (sulfide) groups is 1. The highest BCUT2D eigenvalue weighted by atomic mass is 32.2. The number of nitrogens with one attached hydrogen (secondary N) is 2. The first-order valence-corrected chi connectivity index (χ1v) is 9.69. The molecule has 0 radical (unpaired) electrons. The summed E-state index contributed by atoms with van der Waals surface area (Å²) in [5, 5.41) is 7.41. The Morgan fingerprint density at radius 3 is 2.40 bits per heavy atom. The second-order valence-corrected chi connectivity index (χ2v) is 7.13. The molecule has 1 atom stereocenters. The van der Waals surface area contributed by atoms with Gasteiger partial charge < -0.3 is 24.8 Å². The third-order valence-electron chi connectivity index (χ3n) is 4.08.